The van der Waals surface area contributed by atoms with Gasteiger partial charge in [-0.05, 0) is 129 Å². The molecule has 0 aromatic heterocycles. The Bertz CT molecular complexity index is 2220. The summed E-state index contributed by atoms with van der Waals surface area (Å²) in [4.78, 5) is 171. The topological polar surface area (TPSA) is 401 Å². The molecular weight excluding hydrogens is 985 g/mol. The normalized spacial score (nSPS) is 15.8. The van der Waals surface area contributed by atoms with Crippen LogP contribution in [0.15, 0.2) is 0 Å². The quantitative estimate of drug-likeness (QED) is 0.0469. The lowest BCUT2D eigenvalue weighted by Gasteiger charge is -2.35. The molecule has 0 spiro atoms. The van der Waals surface area contributed by atoms with Gasteiger partial charge < -0.3 is 73.6 Å². The molecule has 12 amide bonds. The number of nitrogens with one attached hydrogen (secondary N) is 10. The van der Waals surface area contributed by atoms with Crippen LogP contribution in [0.2, 0.25) is 0 Å². The van der Waals surface area contributed by atoms with E-state index in [0.29, 0.717) is 6.42 Å². The van der Waals surface area contributed by atoms with Crippen molar-refractivity contribution in [2.24, 2.45) is 11.7 Å². The van der Waals surface area contributed by atoms with Crippen molar-refractivity contribution in [2.75, 3.05) is 13.1 Å². The molecule has 75 heavy (non-hydrogen) atoms. The van der Waals surface area contributed by atoms with Gasteiger partial charge in [0.15, 0.2) is 0 Å². The number of aliphatic carboxylic acids is 1. The van der Waals surface area contributed by atoms with Crippen LogP contribution in [0.3, 0.4) is 0 Å². The van der Waals surface area contributed by atoms with Crippen LogP contribution >= 0.6 is 0 Å². The number of carboxylic acids is 1. The molecule has 0 aliphatic carbocycles. The first-order valence-electron chi connectivity index (χ1n) is 24.5. The second-order valence-corrected chi connectivity index (χ2v) is 22.6. The van der Waals surface area contributed by atoms with E-state index in [0.717, 1.165) is 0 Å². The van der Waals surface area contributed by atoms with Gasteiger partial charge in [0.05, 0.1) is 0 Å². The number of hydrogen-bond donors (Lipinski definition) is 12. The third kappa shape index (κ3) is 20.6. The summed E-state index contributed by atoms with van der Waals surface area (Å²) in [7, 11) is 0. The molecule has 424 valence electrons. The van der Waals surface area contributed by atoms with Crippen LogP contribution in [0, 0.1) is 5.92 Å². The Hall–Kier alpha value is -7.09. The molecular formula is C48H82N12O15. The Kier molecular flexibility index (Phi) is 22.8. The Morgan fingerprint density at radius 2 is 1.03 bits per heavy atom. The van der Waals surface area contributed by atoms with E-state index < -0.39 is 159 Å². The van der Waals surface area contributed by atoms with Crippen LogP contribution in [0.5, 0.6) is 0 Å². The lowest BCUT2D eigenvalue weighted by Crippen LogP contribution is -2.65. The van der Waals surface area contributed by atoms with Gasteiger partial charge in [-0.3, -0.25) is 57.5 Å². The molecule has 1 rings (SSSR count). The highest BCUT2D eigenvalue weighted by molar-refractivity contribution is 6.01. The molecule has 0 unspecified atom stereocenters. The number of ether oxygens (including phenoxy) is 1. The summed E-state index contributed by atoms with van der Waals surface area (Å²) in [6.45, 7) is 23.9. The number of carbonyl (C=O) groups is 13. The Balaban J connectivity index is 3.01. The highest BCUT2D eigenvalue weighted by Crippen LogP contribution is 2.23. The fraction of sp³-hybridized carbons (Fsp3) is 0.729. The largest absolute Gasteiger partial charge is 0.480 e. The minimum atomic E-state index is -1.78. The number of carbonyl (C=O) groups excluding carboxylic acids is 12. The first-order chi connectivity index (χ1) is 33.9. The van der Waals surface area contributed by atoms with Gasteiger partial charge in [-0.15, -0.1) is 0 Å². The summed E-state index contributed by atoms with van der Waals surface area (Å²) in [6, 6.07) is -6.41. The molecule has 27 heteroatoms. The van der Waals surface area contributed by atoms with E-state index in [-0.39, 0.29) is 19.4 Å². The van der Waals surface area contributed by atoms with Gasteiger partial charge in [0.2, 0.25) is 65.0 Å². The van der Waals surface area contributed by atoms with E-state index in [1.165, 1.54) is 88.0 Å². The van der Waals surface area contributed by atoms with Crippen molar-refractivity contribution in [1.29, 1.82) is 0 Å². The zero-order valence-electron chi connectivity index (χ0n) is 46.4. The van der Waals surface area contributed by atoms with Gasteiger partial charge >= 0.3 is 12.1 Å². The van der Waals surface area contributed by atoms with Crippen LogP contribution in [-0.2, 0) is 62.3 Å². The fourth-order valence-electron chi connectivity index (χ4n) is 7.04. The van der Waals surface area contributed by atoms with Crippen LogP contribution in [-0.4, -0.2) is 164 Å². The predicted molar refractivity (Wildman–Crippen MR) is 270 cm³/mol. The second kappa shape index (κ2) is 25.9. The van der Waals surface area contributed by atoms with Crippen molar-refractivity contribution in [3.8, 4) is 0 Å². The zero-order valence-corrected chi connectivity index (χ0v) is 46.4. The molecule has 0 aromatic carbocycles. The van der Waals surface area contributed by atoms with Gasteiger partial charge in [-0.2, -0.15) is 0 Å². The lowest BCUT2D eigenvalue weighted by atomic mass is 9.97. The van der Waals surface area contributed by atoms with Gasteiger partial charge in [0.25, 0.3) is 0 Å². The summed E-state index contributed by atoms with van der Waals surface area (Å²) < 4.78 is 5.28. The van der Waals surface area contributed by atoms with Gasteiger partial charge in [0.1, 0.15) is 70.0 Å². The molecule has 1 fully saturated rings. The average molecular weight is 1070 g/mol. The number of nitrogens with two attached hydrogens (primary N) is 1. The summed E-state index contributed by atoms with van der Waals surface area (Å²) in [5, 5.41) is 33.6. The third-order valence-electron chi connectivity index (χ3n) is 11.6. The van der Waals surface area contributed by atoms with Crippen molar-refractivity contribution in [3.05, 3.63) is 0 Å². The number of hydrogen-bond acceptors (Lipinski definition) is 14. The summed E-state index contributed by atoms with van der Waals surface area (Å²) >= 11 is 0. The number of nitrogens with zero attached hydrogens (tertiary/aromatic N) is 1. The summed E-state index contributed by atoms with van der Waals surface area (Å²) in [5.41, 5.74) is -3.68. The minimum absolute atomic E-state index is 0.208. The van der Waals surface area contributed by atoms with E-state index in [4.69, 9.17) is 15.6 Å². The first kappa shape index (κ1) is 65.9. The smallest absolute Gasteiger partial charge is 0.408 e. The van der Waals surface area contributed by atoms with Crippen molar-refractivity contribution >= 4 is 77.0 Å². The molecule has 0 radical (unpaired) electrons. The molecule has 0 aromatic rings. The number of primary amides is 1. The Morgan fingerprint density at radius 3 is 1.51 bits per heavy atom. The number of alkyl carbamates (subject to hydrolysis) is 1. The van der Waals surface area contributed by atoms with Crippen molar-refractivity contribution < 1.29 is 72.2 Å². The standard InChI is InChI=1S/C48H82N12O15/c1-24(2)31(36(68)58-44(8,9)37(69)50-23-30(62)63)54-40(72)47(14,15)56-34(66)27(20-21-29(49)61)53-32(64)25(3)51-38(70)45(10,11)55-33(65)26(4)52-39(71)46(12,13)57-35(67)28-19-18-22-60(28)41(73)48(16,17)59-42(74)75-43(5,6)7/h24-28,31H,18-23H2,1-17H3,(H2,49,61)(H,50,69)(H,51,70)(H,52,71)(H,53,64)(H,54,72)(H,55,65)(H,56,66)(H,57,67)(H,58,68)(H,59,74)(H,62,63)/t25-,26-,27-,28-,31-/m0/s1. The molecule has 1 aliphatic rings. The number of likely N-dealkylation sites (tertiary alicyclic amines) is 1. The maximum Gasteiger partial charge on any atom is 0.408 e. The van der Waals surface area contributed by atoms with Crippen LogP contribution in [0.4, 0.5) is 4.79 Å². The summed E-state index contributed by atoms with van der Waals surface area (Å²) in [5.74, 6) is -10.8. The van der Waals surface area contributed by atoms with Gasteiger partial charge in [-0.25, -0.2) is 4.79 Å². The second-order valence-electron chi connectivity index (χ2n) is 22.6. The maximum absolute atomic E-state index is 13.7. The highest BCUT2D eigenvalue weighted by Gasteiger charge is 2.45. The predicted octanol–water partition coefficient (Wildman–Crippen LogP) is -2.04. The van der Waals surface area contributed by atoms with Crippen molar-refractivity contribution in [2.45, 2.75) is 207 Å². The number of amides is 12. The van der Waals surface area contributed by atoms with E-state index in [9.17, 15) is 62.3 Å². The first-order valence-corrected chi connectivity index (χ1v) is 24.5. The SMILES string of the molecule is CC(C)[C@H](NC(=O)C(C)(C)NC(=O)[C@H](CCC(N)=O)NC(=O)[C@H](C)NC(=O)C(C)(C)NC(=O)[C@H](C)NC(=O)C(C)(C)NC(=O)[C@@H]1CCCN1C(=O)C(C)(C)NC(=O)OC(C)(C)C)C(=O)NC(C)(C)C(=O)NCC(=O)O. The molecule has 0 bridgehead atoms. The Morgan fingerprint density at radius 1 is 0.573 bits per heavy atom. The van der Waals surface area contributed by atoms with E-state index in [1.807, 2.05) is 0 Å². The van der Waals surface area contributed by atoms with Gasteiger partial charge in [-0.1, -0.05) is 13.8 Å². The van der Waals surface area contributed by atoms with Crippen molar-refractivity contribution in [3.63, 3.8) is 0 Å². The highest BCUT2D eigenvalue weighted by atomic mass is 16.6. The molecule has 0 saturated carbocycles. The third-order valence-corrected chi connectivity index (χ3v) is 11.6. The average Bonchev–Trinajstić information content (AvgIpc) is 3.74. The van der Waals surface area contributed by atoms with E-state index in [1.54, 1.807) is 34.6 Å². The molecule has 13 N–H and O–H groups in total. The zero-order chi connectivity index (χ0) is 58.6. The fourth-order valence-corrected chi connectivity index (χ4v) is 7.04. The van der Waals surface area contributed by atoms with Crippen LogP contribution in [0.1, 0.15) is 143 Å². The minimum Gasteiger partial charge on any atom is -0.480 e. The van der Waals surface area contributed by atoms with Gasteiger partial charge in [0, 0.05) is 13.0 Å². The monoisotopic (exact) mass is 1070 g/mol. The summed E-state index contributed by atoms with van der Waals surface area (Å²) in [6.07, 6.45) is -0.829. The number of rotatable bonds is 25. The molecule has 1 heterocycles. The van der Waals surface area contributed by atoms with Crippen LogP contribution < -0.4 is 58.9 Å². The van der Waals surface area contributed by atoms with Crippen molar-refractivity contribution in [1.82, 2.24) is 58.1 Å². The molecule has 5 atom stereocenters. The lowest BCUT2D eigenvalue weighted by molar-refractivity contribution is -0.144. The molecule has 1 aliphatic heterocycles. The van der Waals surface area contributed by atoms with E-state index in [2.05, 4.69) is 53.2 Å². The Labute approximate surface area is 437 Å². The molecule has 27 nitrogen and oxygen atoms in total. The maximum atomic E-state index is 13.7. The van der Waals surface area contributed by atoms with E-state index >= 15 is 0 Å². The number of carboxylic acid groups (broad SMARTS) is 1. The van der Waals surface area contributed by atoms with Crippen LogP contribution in [0.25, 0.3) is 0 Å². The molecule has 1 saturated heterocycles.